The van der Waals surface area contributed by atoms with Crippen molar-refractivity contribution in [2.75, 3.05) is 6.54 Å². The lowest BCUT2D eigenvalue weighted by Crippen LogP contribution is -2.20. The average molecular weight is 294 g/mol. The van der Waals surface area contributed by atoms with Gasteiger partial charge in [0.1, 0.15) is 5.65 Å². The zero-order valence-corrected chi connectivity index (χ0v) is 10.8. The standard InChI is InChI=1S/C12H12BrN3O/c13-8-3-4-11-15-10(9-2-1-5-14-9)6-12(17)16(11)7-8/h3-4,6-7,9,14H,1-2,5H2. The number of hydrogen-bond donors (Lipinski definition) is 1. The molecule has 3 rings (SSSR count). The normalized spacial score (nSPS) is 19.9. The van der Waals surface area contributed by atoms with Gasteiger partial charge in [-0.05, 0) is 47.4 Å². The van der Waals surface area contributed by atoms with Crippen LogP contribution in [0.25, 0.3) is 5.65 Å². The summed E-state index contributed by atoms with van der Waals surface area (Å²) < 4.78 is 2.43. The Kier molecular flexibility index (Phi) is 2.72. The van der Waals surface area contributed by atoms with Gasteiger partial charge in [-0.25, -0.2) is 4.98 Å². The van der Waals surface area contributed by atoms with E-state index in [1.807, 2.05) is 12.1 Å². The van der Waals surface area contributed by atoms with E-state index in [9.17, 15) is 4.79 Å². The molecule has 1 N–H and O–H groups in total. The highest BCUT2D eigenvalue weighted by atomic mass is 79.9. The van der Waals surface area contributed by atoms with Crippen molar-refractivity contribution in [3.63, 3.8) is 0 Å². The molecular weight excluding hydrogens is 282 g/mol. The van der Waals surface area contributed by atoms with E-state index in [1.54, 1.807) is 16.7 Å². The maximum Gasteiger partial charge on any atom is 0.258 e. The van der Waals surface area contributed by atoms with Gasteiger partial charge in [0.2, 0.25) is 0 Å². The summed E-state index contributed by atoms with van der Waals surface area (Å²) in [6, 6.07) is 5.61. The van der Waals surface area contributed by atoms with Crippen molar-refractivity contribution in [3.8, 4) is 0 Å². The second-order valence-corrected chi connectivity index (χ2v) is 5.16. The van der Waals surface area contributed by atoms with Crippen LogP contribution in [0.1, 0.15) is 24.6 Å². The van der Waals surface area contributed by atoms with Gasteiger partial charge in [-0.1, -0.05) is 0 Å². The molecular formula is C12H12BrN3O. The molecule has 2 aromatic rings. The van der Waals surface area contributed by atoms with Gasteiger partial charge in [0.15, 0.2) is 0 Å². The zero-order valence-electron chi connectivity index (χ0n) is 9.19. The molecule has 17 heavy (non-hydrogen) atoms. The highest BCUT2D eigenvalue weighted by Crippen LogP contribution is 2.20. The zero-order chi connectivity index (χ0) is 11.8. The average Bonchev–Trinajstić information content (AvgIpc) is 2.83. The van der Waals surface area contributed by atoms with Gasteiger partial charge in [-0.3, -0.25) is 9.20 Å². The number of hydrogen-bond acceptors (Lipinski definition) is 3. The fraction of sp³-hybridized carbons (Fsp3) is 0.333. The fourth-order valence-electron chi connectivity index (χ4n) is 2.21. The van der Waals surface area contributed by atoms with Crippen molar-refractivity contribution in [2.24, 2.45) is 0 Å². The number of pyridine rings is 1. The highest BCUT2D eigenvalue weighted by molar-refractivity contribution is 9.10. The van der Waals surface area contributed by atoms with Gasteiger partial charge in [0.25, 0.3) is 5.56 Å². The van der Waals surface area contributed by atoms with Crippen LogP contribution < -0.4 is 10.9 Å². The molecule has 0 aliphatic carbocycles. The van der Waals surface area contributed by atoms with Crippen LogP contribution in [-0.2, 0) is 0 Å². The van der Waals surface area contributed by atoms with Crippen LogP contribution in [0.15, 0.2) is 33.7 Å². The smallest absolute Gasteiger partial charge is 0.258 e. The SMILES string of the molecule is O=c1cc(C2CCCN2)nc2ccc(Br)cn12. The third-order valence-corrected chi connectivity index (χ3v) is 3.53. The fourth-order valence-corrected chi connectivity index (χ4v) is 2.55. The van der Waals surface area contributed by atoms with E-state index in [-0.39, 0.29) is 11.6 Å². The van der Waals surface area contributed by atoms with E-state index >= 15 is 0 Å². The maximum absolute atomic E-state index is 12.0. The summed E-state index contributed by atoms with van der Waals surface area (Å²) in [4.78, 5) is 16.5. The molecule has 1 fully saturated rings. The van der Waals surface area contributed by atoms with Crippen LogP contribution in [0.5, 0.6) is 0 Å². The summed E-state index contributed by atoms with van der Waals surface area (Å²) in [5.74, 6) is 0. The number of nitrogens with one attached hydrogen (secondary N) is 1. The van der Waals surface area contributed by atoms with Gasteiger partial charge >= 0.3 is 0 Å². The number of nitrogens with zero attached hydrogens (tertiary/aromatic N) is 2. The topological polar surface area (TPSA) is 46.4 Å². The Balaban J connectivity index is 2.17. The molecule has 1 saturated heterocycles. The van der Waals surface area contributed by atoms with Crippen LogP contribution in [0.2, 0.25) is 0 Å². The Morgan fingerprint density at radius 3 is 3.12 bits per heavy atom. The van der Waals surface area contributed by atoms with E-state index in [0.717, 1.165) is 29.6 Å². The monoisotopic (exact) mass is 293 g/mol. The molecule has 2 aromatic heterocycles. The lowest BCUT2D eigenvalue weighted by atomic mass is 10.1. The molecule has 1 aliphatic rings. The minimum atomic E-state index is -0.0278. The summed E-state index contributed by atoms with van der Waals surface area (Å²) in [6.45, 7) is 1.01. The minimum Gasteiger partial charge on any atom is -0.309 e. The van der Waals surface area contributed by atoms with Crippen LogP contribution in [0.3, 0.4) is 0 Å². The quantitative estimate of drug-likeness (QED) is 0.873. The molecule has 1 aliphatic heterocycles. The van der Waals surface area contributed by atoms with Gasteiger partial charge in [0, 0.05) is 22.8 Å². The van der Waals surface area contributed by atoms with Crippen molar-refractivity contribution < 1.29 is 0 Å². The van der Waals surface area contributed by atoms with Crippen molar-refractivity contribution in [3.05, 3.63) is 44.9 Å². The first kappa shape index (κ1) is 10.9. The summed E-state index contributed by atoms with van der Waals surface area (Å²) in [7, 11) is 0. The molecule has 1 atom stereocenters. The summed E-state index contributed by atoms with van der Waals surface area (Å²) in [6.07, 6.45) is 3.95. The molecule has 0 bridgehead atoms. The summed E-state index contributed by atoms with van der Waals surface area (Å²) >= 11 is 3.35. The molecule has 0 saturated carbocycles. The van der Waals surface area contributed by atoms with Crippen LogP contribution in [-0.4, -0.2) is 15.9 Å². The predicted octanol–water partition coefficient (Wildman–Crippen LogP) is 1.88. The van der Waals surface area contributed by atoms with E-state index in [4.69, 9.17) is 0 Å². The number of rotatable bonds is 1. The molecule has 0 aromatic carbocycles. The Hall–Kier alpha value is -1.20. The Bertz CT molecular complexity index is 617. The maximum atomic E-state index is 12.0. The van der Waals surface area contributed by atoms with E-state index in [0.29, 0.717) is 5.65 Å². The number of fused-ring (bicyclic) bond motifs is 1. The van der Waals surface area contributed by atoms with Crippen molar-refractivity contribution in [2.45, 2.75) is 18.9 Å². The largest absolute Gasteiger partial charge is 0.309 e. The first-order valence-corrected chi connectivity index (χ1v) is 6.45. The molecule has 4 nitrogen and oxygen atoms in total. The highest BCUT2D eigenvalue weighted by Gasteiger charge is 2.18. The Morgan fingerprint density at radius 1 is 1.47 bits per heavy atom. The van der Waals surface area contributed by atoms with Crippen LogP contribution >= 0.6 is 15.9 Å². The first-order chi connectivity index (χ1) is 8.24. The third-order valence-electron chi connectivity index (χ3n) is 3.06. The number of aromatic nitrogens is 2. The summed E-state index contributed by atoms with van der Waals surface area (Å²) in [5.41, 5.74) is 1.53. The van der Waals surface area contributed by atoms with Crippen LogP contribution in [0.4, 0.5) is 0 Å². The molecule has 3 heterocycles. The lowest BCUT2D eigenvalue weighted by Gasteiger charge is -2.10. The van der Waals surface area contributed by atoms with Gasteiger partial charge in [-0.15, -0.1) is 0 Å². The molecule has 0 radical (unpaired) electrons. The van der Waals surface area contributed by atoms with Gasteiger partial charge < -0.3 is 5.32 Å². The molecule has 1 unspecified atom stereocenters. The first-order valence-electron chi connectivity index (χ1n) is 5.66. The predicted molar refractivity (Wildman–Crippen MR) is 69.1 cm³/mol. The van der Waals surface area contributed by atoms with Gasteiger partial charge in [0.05, 0.1) is 5.69 Å². The van der Waals surface area contributed by atoms with E-state index in [1.165, 1.54) is 0 Å². The minimum absolute atomic E-state index is 0.0278. The second kappa shape index (κ2) is 4.23. The lowest BCUT2D eigenvalue weighted by molar-refractivity contribution is 0.626. The Morgan fingerprint density at radius 2 is 2.35 bits per heavy atom. The van der Waals surface area contributed by atoms with Crippen molar-refractivity contribution in [1.29, 1.82) is 0 Å². The van der Waals surface area contributed by atoms with E-state index < -0.39 is 0 Å². The van der Waals surface area contributed by atoms with Crippen molar-refractivity contribution in [1.82, 2.24) is 14.7 Å². The molecule has 5 heteroatoms. The third kappa shape index (κ3) is 2.00. The van der Waals surface area contributed by atoms with Crippen molar-refractivity contribution >= 4 is 21.6 Å². The molecule has 0 amide bonds. The van der Waals surface area contributed by atoms with Crippen LogP contribution in [0, 0.1) is 0 Å². The number of halogens is 1. The molecule has 88 valence electrons. The van der Waals surface area contributed by atoms with Gasteiger partial charge in [-0.2, -0.15) is 0 Å². The molecule has 0 spiro atoms. The Labute approximate surface area is 107 Å². The second-order valence-electron chi connectivity index (χ2n) is 4.24. The summed E-state index contributed by atoms with van der Waals surface area (Å²) in [5, 5.41) is 3.36. The van der Waals surface area contributed by atoms with E-state index in [2.05, 4.69) is 26.2 Å².